The lowest BCUT2D eigenvalue weighted by molar-refractivity contribution is -0.0563. The van der Waals surface area contributed by atoms with Crippen LogP contribution in [0.25, 0.3) is 0 Å². The first-order chi connectivity index (χ1) is 9.56. The molecule has 2 aliphatic rings. The van der Waals surface area contributed by atoms with Gasteiger partial charge in [0, 0.05) is 12.6 Å². The van der Waals surface area contributed by atoms with E-state index in [4.69, 9.17) is 4.74 Å². The Labute approximate surface area is 115 Å². The molecule has 3 rings (SSSR count). The third-order valence-corrected chi connectivity index (χ3v) is 4.25. The number of H-pyrrole nitrogens is 1. The van der Waals surface area contributed by atoms with Crippen molar-refractivity contribution in [1.82, 2.24) is 14.5 Å². The molecule has 2 aliphatic heterocycles. The quantitative estimate of drug-likeness (QED) is 0.757. The third kappa shape index (κ3) is 2.27. The summed E-state index contributed by atoms with van der Waals surface area (Å²) in [4.78, 5) is 27.8. The van der Waals surface area contributed by atoms with Gasteiger partial charge >= 0.3 is 5.69 Å². The molecule has 2 saturated heterocycles. The summed E-state index contributed by atoms with van der Waals surface area (Å²) >= 11 is 0. The monoisotopic (exact) mass is 281 g/mol. The number of aromatic amines is 1. The zero-order chi connectivity index (χ0) is 14.3. The molecule has 0 aromatic carbocycles. The second-order valence-electron chi connectivity index (χ2n) is 5.56. The van der Waals surface area contributed by atoms with E-state index in [0.717, 1.165) is 19.5 Å². The van der Waals surface area contributed by atoms with Crippen molar-refractivity contribution >= 4 is 0 Å². The summed E-state index contributed by atoms with van der Waals surface area (Å²) in [7, 11) is 0. The van der Waals surface area contributed by atoms with Gasteiger partial charge in [-0.25, -0.2) is 4.79 Å². The van der Waals surface area contributed by atoms with Crippen molar-refractivity contribution in [2.75, 3.05) is 19.7 Å². The number of hydrogen-bond acceptors (Lipinski definition) is 5. The number of fused-ring (bicyclic) bond motifs is 1. The fourth-order valence-electron chi connectivity index (χ4n) is 3.03. The molecular formula is C13H19N3O4. The summed E-state index contributed by atoms with van der Waals surface area (Å²) < 4.78 is 6.95. The van der Waals surface area contributed by atoms with Gasteiger partial charge in [0.05, 0.1) is 24.8 Å². The number of nitrogens with zero attached hydrogens (tertiary/aromatic N) is 2. The summed E-state index contributed by atoms with van der Waals surface area (Å²) in [5, 5.41) is 9.95. The molecule has 2 N–H and O–H groups in total. The molecule has 0 radical (unpaired) electrons. The van der Waals surface area contributed by atoms with Crippen LogP contribution in [0.3, 0.4) is 0 Å². The number of aromatic nitrogens is 2. The molecule has 110 valence electrons. The van der Waals surface area contributed by atoms with Crippen molar-refractivity contribution in [3.8, 4) is 5.88 Å². The normalized spacial score (nSPS) is 26.6. The second-order valence-corrected chi connectivity index (χ2v) is 5.56. The molecule has 2 fully saturated rings. The molecule has 0 amide bonds. The Morgan fingerprint density at radius 2 is 2.25 bits per heavy atom. The number of nitrogens with one attached hydrogen (secondary N) is 1. The Morgan fingerprint density at radius 1 is 1.45 bits per heavy atom. The molecule has 3 heterocycles. The topological polar surface area (TPSA) is 87.6 Å². The lowest BCUT2D eigenvalue weighted by Gasteiger charge is -2.35. The van der Waals surface area contributed by atoms with Gasteiger partial charge in [-0.2, -0.15) is 0 Å². The molecule has 20 heavy (non-hydrogen) atoms. The van der Waals surface area contributed by atoms with E-state index >= 15 is 0 Å². The van der Waals surface area contributed by atoms with Gasteiger partial charge in [-0.3, -0.25) is 19.2 Å². The first-order valence-corrected chi connectivity index (χ1v) is 6.94. The number of hydrogen-bond donors (Lipinski definition) is 2. The predicted octanol–water partition coefficient (Wildman–Crippen LogP) is -0.586. The summed E-state index contributed by atoms with van der Waals surface area (Å²) in [5.41, 5.74) is -0.988. The first-order valence-electron chi connectivity index (χ1n) is 6.94. The Bertz CT molecular complexity index is 621. The van der Waals surface area contributed by atoms with Crippen LogP contribution in [0.5, 0.6) is 5.88 Å². The van der Waals surface area contributed by atoms with Crippen LogP contribution < -0.4 is 11.2 Å². The molecular weight excluding hydrogens is 262 g/mol. The summed E-state index contributed by atoms with van der Waals surface area (Å²) in [6.07, 6.45) is 2.21. The Balaban J connectivity index is 1.80. The minimum absolute atomic E-state index is 0.141. The molecule has 1 aromatic rings. The van der Waals surface area contributed by atoms with E-state index in [9.17, 15) is 14.7 Å². The molecule has 0 saturated carbocycles. The predicted molar refractivity (Wildman–Crippen MR) is 72.1 cm³/mol. The van der Waals surface area contributed by atoms with Gasteiger partial charge in [0.25, 0.3) is 5.56 Å². The van der Waals surface area contributed by atoms with Crippen molar-refractivity contribution in [2.24, 2.45) is 0 Å². The molecule has 2 unspecified atom stereocenters. The lowest BCUT2D eigenvalue weighted by Crippen LogP contribution is -2.48. The molecule has 2 atom stereocenters. The fraction of sp³-hybridized carbons (Fsp3) is 0.692. The van der Waals surface area contributed by atoms with Crippen LogP contribution >= 0.6 is 0 Å². The van der Waals surface area contributed by atoms with Gasteiger partial charge in [0.15, 0.2) is 0 Å². The van der Waals surface area contributed by atoms with Crippen LogP contribution in [0.4, 0.5) is 0 Å². The van der Waals surface area contributed by atoms with E-state index < -0.39 is 11.2 Å². The van der Waals surface area contributed by atoms with Crippen molar-refractivity contribution < 1.29 is 9.84 Å². The first kappa shape index (κ1) is 13.4. The smallest absolute Gasteiger partial charge is 0.331 e. The van der Waals surface area contributed by atoms with Crippen molar-refractivity contribution in [1.29, 1.82) is 0 Å². The summed E-state index contributed by atoms with van der Waals surface area (Å²) in [6, 6.07) is 0.494. The Morgan fingerprint density at radius 3 is 3.05 bits per heavy atom. The molecule has 1 aromatic heterocycles. The Kier molecular flexibility index (Phi) is 3.39. The van der Waals surface area contributed by atoms with E-state index in [2.05, 4.69) is 9.88 Å². The van der Waals surface area contributed by atoms with E-state index in [1.165, 1.54) is 17.9 Å². The SMILES string of the molecule is Cc1c(O)n(CC2CN3CCCC3CO2)c(=O)[nH]c1=O. The highest BCUT2D eigenvalue weighted by molar-refractivity contribution is 5.20. The largest absolute Gasteiger partial charge is 0.494 e. The standard InChI is InChI=1S/C13H19N3O4/c1-8-11(17)14-13(19)16(12(8)18)6-10-5-15-4-2-3-9(15)7-20-10/h9-10,18H,2-7H2,1H3,(H,14,17,19). The minimum Gasteiger partial charge on any atom is -0.494 e. The number of morpholine rings is 1. The maximum Gasteiger partial charge on any atom is 0.331 e. The molecule has 0 spiro atoms. The zero-order valence-corrected chi connectivity index (χ0v) is 11.5. The van der Waals surface area contributed by atoms with Gasteiger partial charge in [0.1, 0.15) is 0 Å². The van der Waals surface area contributed by atoms with Gasteiger partial charge in [-0.05, 0) is 26.3 Å². The van der Waals surface area contributed by atoms with Crippen LogP contribution in [0.1, 0.15) is 18.4 Å². The van der Waals surface area contributed by atoms with Crippen LogP contribution in [-0.2, 0) is 11.3 Å². The molecule has 0 aliphatic carbocycles. The van der Waals surface area contributed by atoms with Crippen LogP contribution in [0, 0.1) is 6.92 Å². The van der Waals surface area contributed by atoms with Crippen molar-refractivity contribution in [3.63, 3.8) is 0 Å². The zero-order valence-electron chi connectivity index (χ0n) is 11.5. The highest BCUT2D eigenvalue weighted by Gasteiger charge is 2.32. The van der Waals surface area contributed by atoms with Gasteiger partial charge in [-0.1, -0.05) is 0 Å². The number of ether oxygens (including phenoxy) is 1. The maximum absolute atomic E-state index is 11.8. The van der Waals surface area contributed by atoms with Crippen LogP contribution in [0.15, 0.2) is 9.59 Å². The second kappa shape index (κ2) is 5.06. The molecule has 7 nitrogen and oxygen atoms in total. The van der Waals surface area contributed by atoms with Gasteiger partial charge in [-0.15, -0.1) is 0 Å². The van der Waals surface area contributed by atoms with Crippen molar-refractivity contribution in [3.05, 3.63) is 26.4 Å². The molecule has 7 heteroatoms. The van der Waals surface area contributed by atoms with E-state index in [1.807, 2.05) is 0 Å². The van der Waals surface area contributed by atoms with Crippen LogP contribution in [-0.4, -0.2) is 51.4 Å². The van der Waals surface area contributed by atoms with Gasteiger partial charge < -0.3 is 9.84 Å². The van der Waals surface area contributed by atoms with Gasteiger partial charge in [0.2, 0.25) is 5.88 Å². The average molecular weight is 281 g/mol. The van der Waals surface area contributed by atoms with E-state index in [1.54, 1.807) is 0 Å². The Hall–Kier alpha value is -1.60. The van der Waals surface area contributed by atoms with E-state index in [0.29, 0.717) is 12.6 Å². The molecule has 0 bridgehead atoms. The highest BCUT2D eigenvalue weighted by atomic mass is 16.5. The lowest BCUT2D eigenvalue weighted by atomic mass is 10.2. The minimum atomic E-state index is -0.592. The van der Waals surface area contributed by atoms with Crippen molar-refractivity contribution in [2.45, 2.75) is 38.5 Å². The van der Waals surface area contributed by atoms with Crippen LogP contribution in [0.2, 0.25) is 0 Å². The fourth-order valence-corrected chi connectivity index (χ4v) is 3.03. The van der Waals surface area contributed by atoms with E-state index in [-0.39, 0.29) is 24.1 Å². The maximum atomic E-state index is 11.8. The third-order valence-electron chi connectivity index (χ3n) is 4.25. The average Bonchev–Trinajstić information content (AvgIpc) is 2.88. The summed E-state index contributed by atoms with van der Waals surface area (Å²) in [5.74, 6) is -0.272. The summed E-state index contributed by atoms with van der Waals surface area (Å²) in [6.45, 7) is 4.24. The highest BCUT2D eigenvalue weighted by Crippen LogP contribution is 2.23. The number of rotatable bonds is 2. The number of aromatic hydroxyl groups is 1.